The molecule has 2 unspecified atom stereocenters. The average Bonchev–Trinajstić information content (AvgIpc) is 2.25. The fourth-order valence-electron chi connectivity index (χ4n) is 5.84. The molecule has 19 heavy (non-hydrogen) atoms. The summed E-state index contributed by atoms with van der Waals surface area (Å²) in [6.07, 6.45) is 7.03. The van der Waals surface area contributed by atoms with Gasteiger partial charge in [0.2, 0.25) is 0 Å². The van der Waals surface area contributed by atoms with E-state index < -0.39 is 0 Å². The first-order valence-corrected chi connectivity index (χ1v) is 7.86. The number of fused-ring (bicyclic) bond motifs is 2. The van der Waals surface area contributed by atoms with Gasteiger partial charge in [0.1, 0.15) is 0 Å². The van der Waals surface area contributed by atoms with Crippen LogP contribution in [0.5, 0.6) is 0 Å². The van der Waals surface area contributed by atoms with Gasteiger partial charge < -0.3 is 0 Å². The standard InChI is InChI=1S/C19H28/c1-17(2)10-15-11-18(3,13-17)14-19(4,12-15)16-8-6-5-7-9-16/h5-9,15H,10-14H2,1-4H3/t15?,18?,19-/m0/s1. The van der Waals surface area contributed by atoms with E-state index in [4.69, 9.17) is 0 Å². The van der Waals surface area contributed by atoms with Crippen molar-refractivity contribution in [2.75, 3.05) is 0 Å². The molecular weight excluding hydrogens is 228 g/mol. The van der Waals surface area contributed by atoms with Crippen LogP contribution in [0.15, 0.2) is 30.3 Å². The van der Waals surface area contributed by atoms with Gasteiger partial charge in [-0.1, -0.05) is 58.0 Å². The third kappa shape index (κ3) is 2.47. The van der Waals surface area contributed by atoms with Gasteiger partial charge in [-0.3, -0.25) is 0 Å². The quantitative estimate of drug-likeness (QED) is 0.616. The van der Waals surface area contributed by atoms with E-state index in [9.17, 15) is 0 Å². The van der Waals surface area contributed by atoms with Crippen molar-refractivity contribution in [3.8, 4) is 0 Å². The first-order chi connectivity index (χ1) is 8.80. The van der Waals surface area contributed by atoms with Crippen LogP contribution in [-0.4, -0.2) is 0 Å². The lowest BCUT2D eigenvalue weighted by Gasteiger charge is -2.56. The van der Waals surface area contributed by atoms with Crippen LogP contribution >= 0.6 is 0 Å². The molecule has 0 spiro atoms. The van der Waals surface area contributed by atoms with E-state index in [0.717, 1.165) is 5.92 Å². The molecule has 0 heterocycles. The Labute approximate surface area is 118 Å². The second-order valence-corrected chi connectivity index (χ2v) is 8.73. The lowest BCUT2D eigenvalue weighted by molar-refractivity contribution is -0.0208. The molecule has 2 fully saturated rings. The molecule has 2 saturated carbocycles. The molecule has 2 aliphatic carbocycles. The monoisotopic (exact) mass is 256 g/mol. The Balaban J connectivity index is 1.93. The minimum Gasteiger partial charge on any atom is -0.0622 e. The Hall–Kier alpha value is -0.780. The van der Waals surface area contributed by atoms with Crippen molar-refractivity contribution in [1.82, 2.24) is 0 Å². The maximum absolute atomic E-state index is 2.54. The summed E-state index contributed by atoms with van der Waals surface area (Å²) in [6, 6.07) is 11.2. The SMILES string of the molecule is CC1(C)CC2CC(C)(C1)C[C@@](C)(c1ccccc1)C2. The van der Waals surface area contributed by atoms with Crippen LogP contribution in [-0.2, 0) is 5.41 Å². The zero-order chi connectivity index (χ0) is 13.7. The third-order valence-electron chi connectivity index (χ3n) is 5.55. The number of hydrogen-bond acceptors (Lipinski definition) is 0. The minimum atomic E-state index is 0.398. The van der Waals surface area contributed by atoms with E-state index in [1.54, 1.807) is 5.56 Å². The topological polar surface area (TPSA) is 0 Å². The van der Waals surface area contributed by atoms with E-state index in [2.05, 4.69) is 58.0 Å². The summed E-state index contributed by atoms with van der Waals surface area (Å²) < 4.78 is 0. The van der Waals surface area contributed by atoms with Crippen LogP contribution in [0.25, 0.3) is 0 Å². The van der Waals surface area contributed by atoms with Crippen LogP contribution < -0.4 is 0 Å². The highest BCUT2D eigenvalue weighted by atomic mass is 14.5. The predicted octanol–water partition coefficient (Wildman–Crippen LogP) is 5.57. The summed E-state index contributed by atoms with van der Waals surface area (Å²) >= 11 is 0. The molecule has 3 rings (SSSR count). The van der Waals surface area contributed by atoms with E-state index >= 15 is 0 Å². The lowest BCUT2D eigenvalue weighted by Crippen LogP contribution is -2.46. The van der Waals surface area contributed by atoms with Gasteiger partial charge >= 0.3 is 0 Å². The van der Waals surface area contributed by atoms with Crippen LogP contribution in [0.1, 0.15) is 65.4 Å². The van der Waals surface area contributed by atoms with E-state index in [-0.39, 0.29) is 0 Å². The summed E-state index contributed by atoms with van der Waals surface area (Å²) in [4.78, 5) is 0. The first-order valence-electron chi connectivity index (χ1n) is 7.86. The Kier molecular flexibility index (Phi) is 2.86. The number of benzene rings is 1. The van der Waals surface area contributed by atoms with E-state index in [1.165, 1.54) is 32.1 Å². The van der Waals surface area contributed by atoms with Crippen molar-refractivity contribution in [3.05, 3.63) is 35.9 Å². The molecule has 2 aliphatic rings. The third-order valence-corrected chi connectivity index (χ3v) is 5.55. The highest BCUT2D eigenvalue weighted by molar-refractivity contribution is 5.26. The Morgan fingerprint density at radius 2 is 1.53 bits per heavy atom. The minimum absolute atomic E-state index is 0.398. The summed E-state index contributed by atoms with van der Waals surface area (Å²) in [5.74, 6) is 0.924. The molecule has 0 amide bonds. The second-order valence-electron chi connectivity index (χ2n) is 8.73. The fraction of sp³-hybridized carbons (Fsp3) is 0.684. The zero-order valence-electron chi connectivity index (χ0n) is 13.0. The summed E-state index contributed by atoms with van der Waals surface area (Å²) in [5.41, 5.74) is 3.06. The molecule has 0 N–H and O–H groups in total. The molecule has 1 aromatic rings. The molecule has 104 valence electrons. The number of hydrogen-bond donors (Lipinski definition) is 0. The maximum atomic E-state index is 2.54. The molecule has 0 aromatic heterocycles. The van der Waals surface area contributed by atoms with Gasteiger partial charge in [-0.15, -0.1) is 0 Å². The van der Waals surface area contributed by atoms with Crippen LogP contribution in [0.3, 0.4) is 0 Å². The van der Waals surface area contributed by atoms with Crippen LogP contribution in [0, 0.1) is 16.7 Å². The summed E-state index contributed by atoms with van der Waals surface area (Å²) in [7, 11) is 0. The van der Waals surface area contributed by atoms with Gasteiger partial charge in [-0.25, -0.2) is 0 Å². The molecule has 0 aliphatic heterocycles. The van der Waals surface area contributed by atoms with Gasteiger partial charge in [0.05, 0.1) is 0 Å². The largest absolute Gasteiger partial charge is 0.0622 e. The molecule has 3 atom stereocenters. The Morgan fingerprint density at radius 3 is 2.16 bits per heavy atom. The first kappa shape index (κ1) is 13.2. The fourth-order valence-corrected chi connectivity index (χ4v) is 5.84. The van der Waals surface area contributed by atoms with E-state index in [1.807, 2.05) is 0 Å². The predicted molar refractivity (Wildman–Crippen MR) is 82.3 cm³/mol. The van der Waals surface area contributed by atoms with Gasteiger partial charge in [0, 0.05) is 0 Å². The maximum Gasteiger partial charge on any atom is -0.00674 e. The smallest absolute Gasteiger partial charge is 0.00674 e. The van der Waals surface area contributed by atoms with E-state index in [0.29, 0.717) is 16.2 Å². The van der Waals surface area contributed by atoms with Crippen molar-refractivity contribution in [2.24, 2.45) is 16.7 Å². The van der Waals surface area contributed by atoms with Crippen molar-refractivity contribution in [2.45, 2.75) is 65.2 Å². The van der Waals surface area contributed by atoms with Crippen molar-refractivity contribution in [3.63, 3.8) is 0 Å². The normalized spacial score (nSPS) is 40.9. The van der Waals surface area contributed by atoms with Crippen LogP contribution in [0.2, 0.25) is 0 Å². The average molecular weight is 256 g/mol. The van der Waals surface area contributed by atoms with Crippen molar-refractivity contribution in [1.29, 1.82) is 0 Å². The molecule has 1 aromatic carbocycles. The lowest BCUT2D eigenvalue weighted by atomic mass is 9.49. The van der Waals surface area contributed by atoms with Gasteiger partial charge in [-0.05, 0) is 59.8 Å². The molecular formula is C19H28. The molecule has 0 heteroatoms. The van der Waals surface area contributed by atoms with Crippen molar-refractivity contribution < 1.29 is 0 Å². The van der Waals surface area contributed by atoms with Crippen molar-refractivity contribution >= 4 is 0 Å². The molecule has 2 bridgehead atoms. The molecule has 0 nitrogen and oxygen atoms in total. The van der Waals surface area contributed by atoms with Gasteiger partial charge in [-0.2, -0.15) is 0 Å². The highest BCUT2D eigenvalue weighted by Gasteiger charge is 2.50. The number of rotatable bonds is 1. The molecule has 0 saturated heterocycles. The Bertz CT molecular complexity index is 456. The highest BCUT2D eigenvalue weighted by Crippen LogP contribution is 2.60. The zero-order valence-corrected chi connectivity index (χ0v) is 13.0. The second kappa shape index (κ2) is 4.11. The van der Waals surface area contributed by atoms with Gasteiger partial charge in [0.25, 0.3) is 0 Å². The van der Waals surface area contributed by atoms with Crippen LogP contribution in [0.4, 0.5) is 0 Å². The summed E-state index contributed by atoms with van der Waals surface area (Å²) in [5, 5.41) is 0. The summed E-state index contributed by atoms with van der Waals surface area (Å²) in [6.45, 7) is 10.00. The molecule has 0 radical (unpaired) electrons. The Morgan fingerprint density at radius 1 is 0.842 bits per heavy atom. The van der Waals surface area contributed by atoms with Gasteiger partial charge in [0.15, 0.2) is 0 Å².